The van der Waals surface area contributed by atoms with E-state index in [0.29, 0.717) is 31.6 Å². The van der Waals surface area contributed by atoms with Crippen molar-refractivity contribution >= 4 is 0 Å². The smallest absolute Gasteiger partial charge is 0.236 e. The second kappa shape index (κ2) is 7.63. The molecule has 1 fully saturated rings. The predicted molar refractivity (Wildman–Crippen MR) is 97.3 cm³/mol. The number of aryl methyl sites for hydroxylation is 1. The first-order valence-corrected chi connectivity index (χ1v) is 9.29. The Labute approximate surface area is 153 Å². The van der Waals surface area contributed by atoms with Gasteiger partial charge in [-0.25, -0.2) is 9.67 Å². The lowest BCUT2D eigenvalue weighted by molar-refractivity contribution is 0.144. The van der Waals surface area contributed by atoms with Gasteiger partial charge in [0.15, 0.2) is 0 Å². The summed E-state index contributed by atoms with van der Waals surface area (Å²) in [6.45, 7) is 6.20. The first-order chi connectivity index (χ1) is 12.8. The maximum atomic E-state index is 6.15. The molecule has 2 aliphatic heterocycles. The Morgan fingerprint density at radius 2 is 2.19 bits per heavy atom. The van der Waals surface area contributed by atoms with Gasteiger partial charge in [0.05, 0.1) is 44.5 Å². The fourth-order valence-electron chi connectivity index (χ4n) is 3.68. The van der Waals surface area contributed by atoms with Crippen molar-refractivity contribution in [2.24, 2.45) is 5.92 Å². The zero-order valence-corrected chi connectivity index (χ0v) is 15.5. The molecule has 1 atom stereocenters. The summed E-state index contributed by atoms with van der Waals surface area (Å²) in [5.41, 5.74) is 4.24. The quantitative estimate of drug-likeness (QED) is 0.877. The van der Waals surface area contributed by atoms with Gasteiger partial charge in [-0.15, -0.1) is 5.10 Å². The Morgan fingerprint density at radius 1 is 1.31 bits per heavy atom. The van der Waals surface area contributed by atoms with E-state index >= 15 is 0 Å². The number of nitrogens with one attached hydrogen (secondary N) is 1. The van der Waals surface area contributed by atoms with Gasteiger partial charge < -0.3 is 19.5 Å². The van der Waals surface area contributed by atoms with Crippen molar-refractivity contribution in [2.75, 3.05) is 40.0 Å². The van der Waals surface area contributed by atoms with Crippen molar-refractivity contribution in [3.63, 3.8) is 0 Å². The molecule has 0 amide bonds. The fourth-order valence-corrected chi connectivity index (χ4v) is 3.68. The molecule has 1 saturated heterocycles. The highest BCUT2D eigenvalue weighted by Crippen LogP contribution is 2.29. The van der Waals surface area contributed by atoms with Crippen LogP contribution in [0.1, 0.15) is 23.2 Å². The van der Waals surface area contributed by atoms with E-state index in [2.05, 4.69) is 16.4 Å². The van der Waals surface area contributed by atoms with Crippen molar-refractivity contribution in [1.29, 1.82) is 0 Å². The zero-order chi connectivity index (χ0) is 17.9. The molecule has 0 bridgehead atoms. The van der Waals surface area contributed by atoms with Gasteiger partial charge in [0.1, 0.15) is 0 Å². The fraction of sp³-hybridized carbons (Fsp3) is 0.579. The predicted octanol–water partition coefficient (Wildman–Crippen LogP) is 1.69. The van der Waals surface area contributed by atoms with E-state index in [0.717, 1.165) is 55.2 Å². The number of rotatable bonds is 5. The third kappa shape index (κ3) is 3.41. The molecule has 2 aromatic heterocycles. The largest absolute Gasteiger partial charge is 0.481 e. The lowest BCUT2D eigenvalue weighted by Gasteiger charge is -2.10. The second-order valence-corrected chi connectivity index (χ2v) is 6.94. The zero-order valence-electron chi connectivity index (χ0n) is 15.5. The van der Waals surface area contributed by atoms with Crippen LogP contribution in [-0.4, -0.2) is 54.8 Å². The van der Waals surface area contributed by atoms with Crippen LogP contribution < -0.4 is 14.8 Å². The van der Waals surface area contributed by atoms with E-state index < -0.39 is 0 Å². The summed E-state index contributed by atoms with van der Waals surface area (Å²) in [4.78, 5) is 4.40. The van der Waals surface area contributed by atoms with Gasteiger partial charge in [-0.1, -0.05) is 0 Å². The number of pyridine rings is 1. The molecule has 1 unspecified atom stereocenters. The number of methoxy groups -OCH3 is 1. The highest BCUT2D eigenvalue weighted by molar-refractivity contribution is 5.43. The minimum Gasteiger partial charge on any atom is -0.481 e. The minimum absolute atomic E-state index is 0.558. The molecule has 4 heterocycles. The summed E-state index contributed by atoms with van der Waals surface area (Å²) in [5.74, 6) is 1.94. The van der Waals surface area contributed by atoms with Crippen LogP contribution in [0.3, 0.4) is 0 Å². The normalized spacial score (nSPS) is 19.8. The number of nitrogens with zero attached hydrogens (tertiary/aromatic N) is 3. The number of fused-ring (bicyclic) bond motifs is 1. The van der Waals surface area contributed by atoms with Crippen LogP contribution in [0.25, 0.3) is 5.69 Å². The van der Waals surface area contributed by atoms with Crippen molar-refractivity contribution in [1.82, 2.24) is 20.1 Å². The van der Waals surface area contributed by atoms with E-state index in [1.807, 2.05) is 11.6 Å². The van der Waals surface area contributed by atoms with Gasteiger partial charge >= 0.3 is 0 Å². The third-order valence-electron chi connectivity index (χ3n) is 5.10. The maximum Gasteiger partial charge on any atom is 0.236 e. The molecule has 0 radical (unpaired) electrons. The first kappa shape index (κ1) is 17.3. The van der Waals surface area contributed by atoms with Gasteiger partial charge in [-0.05, 0) is 26.0 Å². The third-order valence-corrected chi connectivity index (χ3v) is 5.10. The van der Waals surface area contributed by atoms with E-state index in [9.17, 15) is 0 Å². The Morgan fingerprint density at radius 3 is 2.96 bits per heavy atom. The van der Waals surface area contributed by atoms with Crippen molar-refractivity contribution in [3.05, 3.63) is 29.1 Å². The maximum absolute atomic E-state index is 6.15. The Kier molecular flexibility index (Phi) is 5.08. The molecule has 0 aromatic carbocycles. The van der Waals surface area contributed by atoms with E-state index in [1.54, 1.807) is 13.3 Å². The molecular formula is C19H26N4O3. The van der Waals surface area contributed by atoms with Crippen LogP contribution in [0.2, 0.25) is 0 Å². The standard InChI is InChI=1S/C19H26N4O3/c1-13-9-15(11-21-18(13)24-2)23-17-5-8-25-7-4-16(17)19(22-23)26-12-14-3-6-20-10-14/h9,11,14,20H,3-8,10,12H2,1-2H3. The van der Waals surface area contributed by atoms with Gasteiger partial charge in [0.25, 0.3) is 0 Å². The second-order valence-electron chi connectivity index (χ2n) is 6.94. The van der Waals surface area contributed by atoms with Crippen LogP contribution in [0, 0.1) is 12.8 Å². The lowest BCUT2D eigenvalue weighted by atomic mass is 10.1. The summed E-state index contributed by atoms with van der Waals surface area (Å²) in [7, 11) is 1.64. The summed E-state index contributed by atoms with van der Waals surface area (Å²) in [5, 5.41) is 8.18. The SMILES string of the molecule is COc1ncc(-n2nc(OCC3CCNC3)c3c2CCOCC3)cc1C. The Bertz CT molecular complexity index is 768. The molecule has 4 rings (SSSR count). The topological polar surface area (TPSA) is 70.4 Å². The molecule has 26 heavy (non-hydrogen) atoms. The molecule has 0 spiro atoms. The van der Waals surface area contributed by atoms with Crippen LogP contribution in [0.5, 0.6) is 11.8 Å². The van der Waals surface area contributed by atoms with Gasteiger partial charge in [-0.2, -0.15) is 0 Å². The van der Waals surface area contributed by atoms with E-state index in [-0.39, 0.29) is 0 Å². The Balaban J connectivity index is 1.66. The molecule has 2 aliphatic rings. The molecule has 1 N–H and O–H groups in total. The van der Waals surface area contributed by atoms with Crippen LogP contribution >= 0.6 is 0 Å². The van der Waals surface area contributed by atoms with Gasteiger partial charge in [0, 0.05) is 36.4 Å². The van der Waals surface area contributed by atoms with E-state index in [1.165, 1.54) is 5.56 Å². The average Bonchev–Trinajstić information content (AvgIpc) is 3.21. The highest BCUT2D eigenvalue weighted by Gasteiger charge is 2.24. The van der Waals surface area contributed by atoms with Gasteiger partial charge in [-0.3, -0.25) is 0 Å². The van der Waals surface area contributed by atoms with E-state index in [4.69, 9.17) is 19.3 Å². The summed E-state index contributed by atoms with van der Waals surface area (Å²) in [6, 6.07) is 2.05. The summed E-state index contributed by atoms with van der Waals surface area (Å²) >= 11 is 0. The number of ether oxygens (including phenoxy) is 3. The summed E-state index contributed by atoms with van der Waals surface area (Å²) in [6.07, 6.45) is 4.61. The van der Waals surface area contributed by atoms with Gasteiger partial charge in [0.2, 0.25) is 11.8 Å². The molecule has 140 valence electrons. The number of aromatic nitrogens is 3. The first-order valence-electron chi connectivity index (χ1n) is 9.29. The molecule has 7 nitrogen and oxygen atoms in total. The van der Waals surface area contributed by atoms with Crippen LogP contribution in [0.4, 0.5) is 0 Å². The highest BCUT2D eigenvalue weighted by atomic mass is 16.5. The lowest BCUT2D eigenvalue weighted by Crippen LogP contribution is -2.16. The molecule has 7 heteroatoms. The minimum atomic E-state index is 0.558. The molecule has 0 saturated carbocycles. The molecular weight excluding hydrogens is 332 g/mol. The average molecular weight is 358 g/mol. The monoisotopic (exact) mass is 358 g/mol. The Hall–Kier alpha value is -2.12. The van der Waals surface area contributed by atoms with Crippen molar-refractivity contribution in [2.45, 2.75) is 26.2 Å². The van der Waals surface area contributed by atoms with Crippen molar-refractivity contribution in [3.8, 4) is 17.4 Å². The summed E-state index contributed by atoms with van der Waals surface area (Å²) < 4.78 is 19.1. The molecule has 0 aliphatic carbocycles. The van der Waals surface area contributed by atoms with Crippen molar-refractivity contribution < 1.29 is 14.2 Å². The molecule has 2 aromatic rings. The number of hydrogen-bond acceptors (Lipinski definition) is 6. The van der Waals surface area contributed by atoms with Crippen LogP contribution in [-0.2, 0) is 17.6 Å². The number of hydrogen-bond donors (Lipinski definition) is 1. The van der Waals surface area contributed by atoms with Crippen LogP contribution in [0.15, 0.2) is 12.3 Å².